The maximum absolute atomic E-state index is 6.13. The Bertz CT molecular complexity index is 481. The zero-order valence-corrected chi connectivity index (χ0v) is 14.5. The Morgan fingerprint density at radius 1 is 1.32 bits per heavy atom. The molecular formula is C14H19Br2NO2. The van der Waals surface area contributed by atoms with Crippen LogP contribution in [-0.4, -0.2) is 19.3 Å². The highest BCUT2D eigenvalue weighted by Gasteiger charge is 2.50. The maximum atomic E-state index is 6.13. The van der Waals surface area contributed by atoms with Crippen LogP contribution >= 0.6 is 31.9 Å². The molecule has 0 bridgehead atoms. The van der Waals surface area contributed by atoms with E-state index < -0.39 is 0 Å². The number of benzene rings is 1. The summed E-state index contributed by atoms with van der Waals surface area (Å²) in [5.41, 5.74) is 6.17. The molecule has 1 aliphatic carbocycles. The van der Waals surface area contributed by atoms with E-state index in [-0.39, 0.29) is 17.6 Å². The van der Waals surface area contributed by atoms with Gasteiger partial charge in [0.25, 0.3) is 0 Å². The number of nitrogens with two attached hydrogens (primary N) is 1. The molecule has 1 aromatic carbocycles. The van der Waals surface area contributed by atoms with Crippen LogP contribution in [0.15, 0.2) is 21.1 Å². The topological polar surface area (TPSA) is 44.5 Å². The molecule has 0 radical (unpaired) electrons. The molecule has 3 nitrogen and oxygen atoms in total. The molecule has 0 aliphatic heterocycles. The normalized spacial score (nSPS) is 29.8. The largest absolute Gasteiger partial charge is 0.496 e. The van der Waals surface area contributed by atoms with Crippen molar-refractivity contribution in [1.82, 2.24) is 0 Å². The maximum Gasteiger partial charge on any atom is 0.135 e. The molecule has 3 atom stereocenters. The van der Waals surface area contributed by atoms with Gasteiger partial charge in [-0.1, -0.05) is 13.8 Å². The Morgan fingerprint density at radius 3 is 2.42 bits per heavy atom. The number of halogens is 2. The first-order valence-electron chi connectivity index (χ1n) is 6.37. The minimum Gasteiger partial charge on any atom is -0.496 e. The van der Waals surface area contributed by atoms with Gasteiger partial charge in [-0.3, -0.25) is 0 Å². The summed E-state index contributed by atoms with van der Waals surface area (Å²) in [5.74, 6) is 1.60. The van der Waals surface area contributed by atoms with E-state index in [0.29, 0.717) is 0 Å². The highest BCUT2D eigenvalue weighted by molar-refractivity contribution is 9.11. The van der Waals surface area contributed by atoms with Crippen molar-refractivity contribution in [2.45, 2.75) is 38.8 Å². The highest BCUT2D eigenvalue weighted by atomic mass is 79.9. The molecule has 19 heavy (non-hydrogen) atoms. The van der Waals surface area contributed by atoms with Gasteiger partial charge in [0.05, 0.1) is 16.1 Å². The molecule has 0 aromatic heterocycles. The third kappa shape index (κ3) is 2.65. The first-order valence-corrected chi connectivity index (χ1v) is 7.96. The molecule has 106 valence electrons. The molecule has 2 N–H and O–H groups in total. The van der Waals surface area contributed by atoms with Gasteiger partial charge < -0.3 is 15.2 Å². The molecular weight excluding hydrogens is 374 g/mol. The monoisotopic (exact) mass is 391 g/mol. The summed E-state index contributed by atoms with van der Waals surface area (Å²) in [5, 5.41) is 0. The average Bonchev–Trinajstić information content (AvgIpc) is 2.40. The van der Waals surface area contributed by atoms with Gasteiger partial charge in [0.15, 0.2) is 0 Å². The first-order chi connectivity index (χ1) is 8.92. The Kier molecular flexibility index (Phi) is 4.48. The SMILES string of the molecule is CCC1(C)C(N)CC1Oc1cc(Br)c(OC)cc1Br. The van der Waals surface area contributed by atoms with Crippen LogP contribution in [-0.2, 0) is 0 Å². The van der Waals surface area contributed by atoms with Crippen LogP contribution in [0.4, 0.5) is 0 Å². The Labute approximate surface area is 131 Å². The average molecular weight is 393 g/mol. The van der Waals surface area contributed by atoms with Gasteiger partial charge in [-0.25, -0.2) is 0 Å². The minimum absolute atomic E-state index is 0.0614. The third-order valence-electron chi connectivity index (χ3n) is 4.29. The van der Waals surface area contributed by atoms with Crippen LogP contribution in [0.2, 0.25) is 0 Å². The first kappa shape index (κ1) is 15.1. The fourth-order valence-electron chi connectivity index (χ4n) is 2.43. The second kappa shape index (κ2) is 5.62. The summed E-state index contributed by atoms with van der Waals surface area (Å²) in [4.78, 5) is 0. The van der Waals surface area contributed by atoms with E-state index in [4.69, 9.17) is 15.2 Å². The van der Waals surface area contributed by atoms with Crippen LogP contribution in [0.3, 0.4) is 0 Å². The van der Waals surface area contributed by atoms with Gasteiger partial charge in [0.2, 0.25) is 0 Å². The molecule has 0 saturated heterocycles. The van der Waals surface area contributed by atoms with Gasteiger partial charge in [0.1, 0.15) is 17.6 Å². The lowest BCUT2D eigenvalue weighted by Crippen LogP contribution is -2.61. The van der Waals surface area contributed by atoms with Crippen LogP contribution in [0.1, 0.15) is 26.7 Å². The summed E-state index contributed by atoms with van der Waals surface area (Å²) in [6.07, 6.45) is 2.10. The number of hydrogen-bond acceptors (Lipinski definition) is 3. The van der Waals surface area contributed by atoms with Crippen LogP contribution < -0.4 is 15.2 Å². The quantitative estimate of drug-likeness (QED) is 0.838. The van der Waals surface area contributed by atoms with Gasteiger partial charge in [-0.15, -0.1) is 0 Å². The van der Waals surface area contributed by atoms with E-state index in [9.17, 15) is 0 Å². The fraction of sp³-hybridized carbons (Fsp3) is 0.571. The lowest BCUT2D eigenvalue weighted by molar-refractivity contribution is -0.0564. The van der Waals surface area contributed by atoms with Crippen molar-refractivity contribution in [3.8, 4) is 11.5 Å². The number of methoxy groups -OCH3 is 1. The Morgan fingerprint density at radius 2 is 1.89 bits per heavy atom. The van der Waals surface area contributed by atoms with Gasteiger partial charge in [0, 0.05) is 17.9 Å². The number of hydrogen-bond donors (Lipinski definition) is 1. The molecule has 0 spiro atoms. The van der Waals surface area contributed by atoms with E-state index in [0.717, 1.165) is 33.3 Å². The molecule has 1 aliphatic rings. The van der Waals surface area contributed by atoms with E-state index in [1.165, 1.54) is 0 Å². The molecule has 0 heterocycles. The summed E-state index contributed by atoms with van der Waals surface area (Å²) in [7, 11) is 1.65. The van der Waals surface area contributed by atoms with Crippen molar-refractivity contribution in [3.05, 3.63) is 21.1 Å². The van der Waals surface area contributed by atoms with Gasteiger partial charge in [-0.2, -0.15) is 0 Å². The van der Waals surface area contributed by atoms with Crippen LogP contribution in [0.25, 0.3) is 0 Å². The van der Waals surface area contributed by atoms with Crippen LogP contribution in [0.5, 0.6) is 11.5 Å². The molecule has 0 amide bonds. The van der Waals surface area contributed by atoms with E-state index in [1.54, 1.807) is 7.11 Å². The van der Waals surface area contributed by atoms with E-state index >= 15 is 0 Å². The number of rotatable bonds is 4. The molecule has 1 aromatic rings. The van der Waals surface area contributed by atoms with Crippen molar-refractivity contribution in [3.63, 3.8) is 0 Å². The standard InChI is InChI=1S/C14H19Br2NO2/c1-4-14(2)12(17)7-13(14)19-11-6-8(15)10(18-3)5-9(11)16/h5-6,12-13H,4,7,17H2,1-3H3. The van der Waals surface area contributed by atoms with E-state index in [2.05, 4.69) is 45.7 Å². The second-order valence-electron chi connectivity index (χ2n) is 5.23. The Hall–Kier alpha value is -0.260. The molecule has 1 fully saturated rings. The predicted octanol–water partition coefficient (Wildman–Crippen LogP) is 4.11. The van der Waals surface area contributed by atoms with Crippen LogP contribution in [0, 0.1) is 5.41 Å². The molecule has 5 heteroatoms. The smallest absolute Gasteiger partial charge is 0.135 e. The van der Waals surface area contributed by atoms with Gasteiger partial charge in [-0.05, 0) is 50.4 Å². The summed E-state index contributed by atoms with van der Waals surface area (Å²) < 4.78 is 13.2. The highest BCUT2D eigenvalue weighted by Crippen LogP contribution is 2.46. The van der Waals surface area contributed by atoms with Gasteiger partial charge >= 0.3 is 0 Å². The summed E-state index contributed by atoms with van der Waals surface area (Å²) >= 11 is 7.00. The molecule has 3 unspecified atom stereocenters. The summed E-state index contributed by atoms with van der Waals surface area (Å²) in [6, 6.07) is 4.06. The summed E-state index contributed by atoms with van der Waals surface area (Å²) in [6.45, 7) is 4.35. The third-order valence-corrected chi connectivity index (χ3v) is 5.53. The Balaban J connectivity index is 2.19. The molecule has 1 saturated carbocycles. The van der Waals surface area contributed by atoms with Crippen molar-refractivity contribution in [2.75, 3.05) is 7.11 Å². The molecule has 2 rings (SSSR count). The zero-order valence-electron chi connectivity index (χ0n) is 11.4. The lowest BCUT2D eigenvalue weighted by Gasteiger charge is -2.51. The second-order valence-corrected chi connectivity index (χ2v) is 6.93. The minimum atomic E-state index is 0.0614. The van der Waals surface area contributed by atoms with Crippen molar-refractivity contribution in [2.24, 2.45) is 11.1 Å². The van der Waals surface area contributed by atoms with Crippen molar-refractivity contribution < 1.29 is 9.47 Å². The van der Waals surface area contributed by atoms with Crippen molar-refractivity contribution >= 4 is 31.9 Å². The predicted molar refractivity (Wildman–Crippen MR) is 83.8 cm³/mol. The van der Waals surface area contributed by atoms with E-state index in [1.807, 2.05) is 12.1 Å². The van der Waals surface area contributed by atoms with Crippen molar-refractivity contribution in [1.29, 1.82) is 0 Å². The fourth-order valence-corrected chi connectivity index (χ4v) is 3.33. The number of ether oxygens (including phenoxy) is 2. The zero-order chi connectivity index (χ0) is 14.2. The lowest BCUT2D eigenvalue weighted by atomic mass is 9.62.